The molecule has 3 rings (SSSR count). The third-order valence-corrected chi connectivity index (χ3v) is 4.25. The molecular weight excluding hydrogens is 300 g/mol. The number of urea groups is 1. The lowest BCUT2D eigenvalue weighted by molar-refractivity contribution is 0.252. The Morgan fingerprint density at radius 3 is 2.79 bits per heavy atom. The lowest BCUT2D eigenvalue weighted by Gasteiger charge is -2.29. The second-order valence-corrected chi connectivity index (χ2v) is 6.09. The molecule has 1 saturated heterocycles. The van der Waals surface area contributed by atoms with E-state index in [1.165, 1.54) is 24.9 Å². The van der Waals surface area contributed by atoms with Gasteiger partial charge in [0.05, 0.1) is 0 Å². The van der Waals surface area contributed by atoms with Crippen LogP contribution in [0, 0.1) is 0 Å². The zero-order chi connectivity index (χ0) is 16.6. The van der Waals surface area contributed by atoms with Crippen LogP contribution in [0.1, 0.15) is 24.8 Å². The molecule has 2 amide bonds. The van der Waals surface area contributed by atoms with Gasteiger partial charge in [0.2, 0.25) is 0 Å². The van der Waals surface area contributed by atoms with Crippen molar-refractivity contribution in [2.75, 3.05) is 29.9 Å². The van der Waals surface area contributed by atoms with Crippen molar-refractivity contribution in [1.82, 2.24) is 10.3 Å². The monoisotopic (exact) mass is 324 g/mol. The number of aromatic nitrogens is 1. The standard InChI is InChI=1S/C19H24N4O/c24-19(21-11-9-16-6-5-10-20-15-16)22-17-7-4-8-18(14-17)23-12-2-1-3-13-23/h4-8,10,14-15H,1-3,9,11-13H2,(H2,21,22,24). The number of nitrogens with zero attached hydrogens (tertiary/aromatic N) is 2. The first-order valence-electron chi connectivity index (χ1n) is 8.60. The van der Waals surface area contributed by atoms with Crippen LogP contribution >= 0.6 is 0 Å². The molecule has 1 aromatic heterocycles. The van der Waals surface area contributed by atoms with Gasteiger partial charge in [-0.3, -0.25) is 4.98 Å². The number of amides is 2. The average molecular weight is 324 g/mol. The Hall–Kier alpha value is -2.56. The Labute approximate surface area is 143 Å². The van der Waals surface area contributed by atoms with Gasteiger partial charge in [-0.2, -0.15) is 0 Å². The van der Waals surface area contributed by atoms with Gasteiger partial charge in [0, 0.05) is 43.4 Å². The summed E-state index contributed by atoms with van der Waals surface area (Å²) in [5.74, 6) is 0. The Morgan fingerprint density at radius 2 is 2.00 bits per heavy atom. The summed E-state index contributed by atoms with van der Waals surface area (Å²) in [4.78, 5) is 18.5. The fourth-order valence-electron chi connectivity index (χ4n) is 2.97. The van der Waals surface area contributed by atoms with E-state index in [0.717, 1.165) is 30.8 Å². The first-order chi connectivity index (χ1) is 11.8. The highest BCUT2D eigenvalue weighted by atomic mass is 16.2. The molecule has 1 aliphatic heterocycles. The molecule has 5 nitrogen and oxygen atoms in total. The Morgan fingerprint density at radius 1 is 1.12 bits per heavy atom. The van der Waals surface area contributed by atoms with Crippen molar-refractivity contribution in [3.63, 3.8) is 0 Å². The number of piperidine rings is 1. The van der Waals surface area contributed by atoms with E-state index in [4.69, 9.17) is 0 Å². The van der Waals surface area contributed by atoms with Crippen molar-refractivity contribution in [1.29, 1.82) is 0 Å². The third kappa shape index (κ3) is 4.72. The number of anilines is 2. The quantitative estimate of drug-likeness (QED) is 0.886. The van der Waals surface area contributed by atoms with Crippen LogP contribution < -0.4 is 15.5 Å². The Kier molecular flexibility index (Phi) is 5.66. The van der Waals surface area contributed by atoms with Crippen molar-refractivity contribution in [2.45, 2.75) is 25.7 Å². The van der Waals surface area contributed by atoms with Gasteiger partial charge < -0.3 is 15.5 Å². The molecule has 0 saturated carbocycles. The summed E-state index contributed by atoms with van der Waals surface area (Å²) in [5, 5.41) is 5.80. The van der Waals surface area contributed by atoms with E-state index in [1.54, 1.807) is 6.20 Å². The summed E-state index contributed by atoms with van der Waals surface area (Å²) in [6, 6.07) is 11.8. The maximum absolute atomic E-state index is 12.0. The smallest absolute Gasteiger partial charge is 0.319 e. The predicted molar refractivity (Wildman–Crippen MR) is 97.5 cm³/mol. The number of hydrogen-bond donors (Lipinski definition) is 2. The van der Waals surface area contributed by atoms with Crippen LogP contribution in [0.4, 0.5) is 16.2 Å². The van der Waals surface area contributed by atoms with Crippen molar-refractivity contribution in [2.24, 2.45) is 0 Å². The highest BCUT2D eigenvalue weighted by Crippen LogP contribution is 2.22. The molecule has 1 aromatic carbocycles. The largest absolute Gasteiger partial charge is 0.371 e. The molecule has 126 valence electrons. The molecule has 0 bridgehead atoms. The van der Waals surface area contributed by atoms with E-state index < -0.39 is 0 Å². The lowest BCUT2D eigenvalue weighted by Crippen LogP contribution is -2.31. The van der Waals surface area contributed by atoms with Crippen LogP contribution in [0.15, 0.2) is 48.8 Å². The van der Waals surface area contributed by atoms with Crippen molar-refractivity contribution < 1.29 is 4.79 Å². The number of rotatable bonds is 5. The SMILES string of the molecule is O=C(NCCc1cccnc1)Nc1cccc(N2CCCCC2)c1. The molecule has 1 aliphatic rings. The molecule has 2 heterocycles. The first-order valence-corrected chi connectivity index (χ1v) is 8.60. The summed E-state index contributed by atoms with van der Waals surface area (Å²) in [6.07, 6.45) is 8.14. The normalized spacial score (nSPS) is 14.2. The molecule has 0 spiro atoms. The Balaban J connectivity index is 1.49. The number of hydrogen-bond acceptors (Lipinski definition) is 3. The molecule has 0 atom stereocenters. The van der Waals surface area contributed by atoms with E-state index in [2.05, 4.69) is 26.6 Å². The maximum atomic E-state index is 12.0. The van der Waals surface area contributed by atoms with Crippen LogP contribution in [0.2, 0.25) is 0 Å². The molecule has 2 aromatic rings. The zero-order valence-corrected chi connectivity index (χ0v) is 13.9. The van der Waals surface area contributed by atoms with Crippen LogP contribution in [-0.2, 0) is 6.42 Å². The Bertz CT molecular complexity index is 653. The van der Waals surface area contributed by atoms with Crippen LogP contribution in [-0.4, -0.2) is 30.6 Å². The lowest BCUT2D eigenvalue weighted by atomic mass is 10.1. The third-order valence-electron chi connectivity index (χ3n) is 4.25. The van der Waals surface area contributed by atoms with Crippen molar-refractivity contribution >= 4 is 17.4 Å². The number of nitrogens with one attached hydrogen (secondary N) is 2. The topological polar surface area (TPSA) is 57.3 Å². The van der Waals surface area contributed by atoms with Gasteiger partial charge in [-0.15, -0.1) is 0 Å². The maximum Gasteiger partial charge on any atom is 0.319 e. The van der Waals surface area contributed by atoms with Crippen molar-refractivity contribution in [3.05, 3.63) is 54.4 Å². The minimum absolute atomic E-state index is 0.172. The average Bonchev–Trinajstić information content (AvgIpc) is 2.63. The number of pyridine rings is 1. The van der Waals surface area contributed by atoms with Crippen LogP contribution in [0.3, 0.4) is 0 Å². The molecule has 0 aliphatic carbocycles. The van der Waals surface area contributed by atoms with Crippen LogP contribution in [0.25, 0.3) is 0 Å². The highest BCUT2D eigenvalue weighted by molar-refractivity contribution is 5.89. The summed E-state index contributed by atoms with van der Waals surface area (Å²) in [6.45, 7) is 2.78. The molecule has 5 heteroatoms. The van der Waals surface area contributed by atoms with Gasteiger partial charge >= 0.3 is 6.03 Å². The first kappa shape index (κ1) is 16.3. The molecule has 0 radical (unpaired) electrons. The van der Waals surface area contributed by atoms with Crippen molar-refractivity contribution in [3.8, 4) is 0 Å². The number of carbonyl (C=O) groups is 1. The zero-order valence-electron chi connectivity index (χ0n) is 13.9. The second kappa shape index (κ2) is 8.34. The van der Waals surface area contributed by atoms with E-state index in [0.29, 0.717) is 6.54 Å². The molecular formula is C19H24N4O. The highest BCUT2D eigenvalue weighted by Gasteiger charge is 2.11. The fourth-order valence-corrected chi connectivity index (χ4v) is 2.97. The summed E-state index contributed by atoms with van der Waals surface area (Å²) in [5.41, 5.74) is 3.13. The summed E-state index contributed by atoms with van der Waals surface area (Å²) >= 11 is 0. The van der Waals surface area contributed by atoms with E-state index >= 15 is 0 Å². The fraction of sp³-hybridized carbons (Fsp3) is 0.368. The van der Waals surface area contributed by atoms with Gasteiger partial charge in [0.25, 0.3) is 0 Å². The minimum Gasteiger partial charge on any atom is -0.371 e. The molecule has 2 N–H and O–H groups in total. The van der Waals surface area contributed by atoms with Gasteiger partial charge in [-0.25, -0.2) is 4.79 Å². The van der Waals surface area contributed by atoms with Gasteiger partial charge in [-0.05, 0) is 55.5 Å². The second-order valence-electron chi connectivity index (χ2n) is 6.09. The number of carbonyl (C=O) groups excluding carboxylic acids is 1. The molecule has 1 fully saturated rings. The number of benzene rings is 1. The molecule has 24 heavy (non-hydrogen) atoms. The minimum atomic E-state index is -0.172. The van der Waals surface area contributed by atoms with Gasteiger partial charge in [0.1, 0.15) is 0 Å². The van der Waals surface area contributed by atoms with E-state index in [1.807, 2.05) is 36.5 Å². The summed E-state index contributed by atoms with van der Waals surface area (Å²) in [7, 11) is 0. The summed E-state index contributed by atoms with van der Waals surface area (Å²) < 4.78 is 0. The van der Waals surface area contributed by atoms with Crippen LogP contribution in [0.5, 0.6) is 0 Å². The van der Waals surface area contributed by atoms with E-state index in [-0.39, 0.29) is 6.03 Å². The van der Waals surface area contributed by atoms with Gasteiger partial charge in [0.15, 0.2) is 0 Å². The van der Waals surface area contributed by atoms with E-state index in [9.17, 15) is 4.79 Å². The molecule has 0 unspecified atom stereocenters. The van der Waals surface area contributed by atoms with Gasteiger partial charge in [-0.1, -0.05) is 12.1 Å². The predicted octanol–water partition coefficient (Wildman–Crippen LogP) is 3.44.